The second-order valence-electron chi connectivity index (χ2n) is 12.5. The lowest BCUT2D eigenvalue weighted by molar-refractivity contribution is -0.289. The summed E-state index contributed by atoms with van der Waals surface area (Å²) in [5, 5.41) is 12.1. The molecule has 2 aliphatic heterocycles. The van der Waals surface area contributed by atoms with E-state index in [-0.39, 0.29) is 18.6 Å². The number of Topliss-reactive ketones (excluding diaryl/α,β-unsaturated/α-hetero) is 1. The molecule has 10 heteroatoms. The highest BCUT2D eigenvalue weighted by Crippen LogP contribution is 2.71. The van der Waals surface area contributed by atoms with Gasteiger partial charge in [0.2, 0.25) is 0 Å². The zero-order valence-corrected chi connectivity index (χ0v) is 23.3. The van der Waals surface area contributed by atoms with E-state index in [0.29, 0.717) is 5.57 Å². The van der Waals surface area contributed by atoms with E-state index in [4.69, 9.17) is 18.9 Å². The normalized spacial score (nSPS) is 45.9. The van der Waals surface area contributed by atoms with Crippen molar-refractivity contribution in [1.29, 1.82) is 0 Å². The van der Waals surface area contributed by atoms with Crippen molar-refractivity contribution in [2.75, 3.05) is 0 Å². The van der Waals surface area contributed by atoms with Gasteiger partial charge in [0, 0.05) is 30.6 Å². The Balaban J connectivity index is 2.06. The van der Waals surface area contributed by atoms with Crippen LogP contribution in [0.5, 0.6) is 0 Å². The number of rotatable bonds is 2. The Kier molecular flexibility index (Phi) is 6.42. The first-order chi connectivity index (χ1) is 17.3. The minimum atomic E-state index is -1.46. The van der Waals surface area contributed by atoms with Gasteiger partial charge in [0.05, 0.1) is 23.9 Å². The van der Waals surface area contributed by atoms with Crippen molar-refractivity contribution in [2.45, 2.75) is 98.2 Å². The van der Waals surface area contributed by atoms with Crippen molar-refractivity contribution in [3.05, 3.63) is 12.2 Å². The lowest BCUT2D eigenvalue weighted by atomic mass is 9.36. The maximum atomic E-state index is 13.7. The standard InChI is InChI=1S/C28H38O10/c1-12-10-16-27(8)17(36-14(3)29)11-18(31)38-25(5,6)20(27)19(32)23(37-15(4)30)28(16,9)21-24(34)35-13(2)22(33)26(12,21)7/h13,16-17,19-21,23,32H,1,10-11H2,2-9H3/t13-,16-,17+,19-,20-,21+,23-,26+,27+,28-/m0/s1. The molecule has 0 radical (unpaired) electrons. The average Bonchev–Trinajstić information content (AvgIpc) is 2.82. The van der Waals surface area contributed by atoms with Crippen LogP contribution in [0.3, 0.4) is 0 Å². The Labute approximate surface area is 222 Å². The molecule has 4 fully saturated rings. The summed E-state index contributed by atoms with van der Waals surface area (Å²) >= 11 is 0. The van der Waals surface area contributed by atoms with E-state index in [9.17, 15) is 29.1 Å². The number of allylic oxidation sites excluding steroid dienone is 1. The summed E-state index contributed by atoms with van der Waals surface area (Å²) in [6, 6.07) is 0. The average molecular weight is 535 g/mol. The van der Waals surface area contributed by atoms with E-state index in [2.05, 4.69) is 6.58 Å². The number of carbonyl (C=O) groups excluding carboxylic acids is 5. The zero-order chi connectivity index (χ0) is 28.7. The van der Waals surface area contributed by atoms with Crippen molar-refractivity contribution in [3.8, 4) is 0 Å². The Morgan fingerprint density at radius 3 is 2.11 bits per heavy atom. The zero-order valence-electron chi connectivity index (χ0n) is 23.3. The van der Waals surface area contributed by atoms with Gasteiger partial charge < -0.3 is 24.1 Å². The van der Waals surface area contributed by atoms with Gasteiger partial charge in [-0.2, -0.15) is 0 Å². The summed E-state index contributed by atoms with van der Waals surface area (Å²) in [4.78, 5) is 64.9. The summed E-state index contributed by atoms with van der Waals surface area (Å²) in [7, 11) is 0. The maximum Gasteiger partial charge on any atom is 0.311 e. The van der Waals surface area contributed by atoms with Crippen molar-refractivity contribution >= 4 is 29.7 Å². The van der Waals surface area contributed by atoms with Crippen LogP contribution >= 0.6 is 0 Å². The smallest absolute Gasteiger partial charge is 0.311 e. The lowest BCUT2D eigenvalue weighted by Gasteiger charge is -2.69. The van der Waals surface area contributed by atoms with Gasteiger partial charge in [-0.1, -0.05) is 26.0 Å². The third-order valence-electron chi connectivity index (χ3n) is 10.0. The van der Waals surface area contributed by atoms with E-state index in [1.807, 2.05) is 0 Å². The highest BCUT2D eigenvalue weighted by atomic mass is 16.6. The first kappa shape index (κ1) is 28.3. The Bertz CT molecular complexity index is 1120. The van der Waals surface area contributed by atoms with E-state index in [1.165, 1.54) is 20.8 Å². The Morgan fingerprint density at radius 2 is 1.55 bits per heavy atom. The molecule has 1 N–H and O–H groups in total. The number of ether oxygens (including phenoxy) is 4. The number of carbonyl (C=O) groups is 5. The number of hydrogen-bond donors (Lipinski definition) is 1. The minimum Gasteiger partial charge on any atom is -0.461 e. The molecule has 2 heterocycles. The molecule has 10 atom stereocenters. The summed E-state index contributed by atoms with van der Waals surface area (Å²) in [5.74, 6) is -5.62. The molecule has 2 saturated heterocycles. The van der Waals surface area contributed by atoms with E-state index in [1.54, 1.807) is 34.6 Å². The van der Waals surface area contributed by atoms with Gasteiger partial charge in [0.15, 0.2) is 11.9 Å². The molecule has 0 bridgehead atoms. The van der Waals surface area contributed by atoms with Crippen LogP contribution in [-0.4, -0.2) is 64.8 Å². The molecule has 0 aromatic heterocycles. The van der Waals surface area contributed by atoms with Crippen LogP contribution in [-0.2, 0) is 42.9 Å². The molecule has 0 unspecified atom stereocenters. The topological polar surface area (TPSA) is 143 Å². The van der Waals surface area contributed by atoms with Crippen LogP contribution in [0.4, 0.5) is 0 Å². The molecule has 38 heavy (non-hydrogen) atoms. The van der Waals surface area contributed by atoms with Crippen molar-refractivity contribution in [1.82, 2.24) is 0 Å². The molecule has 4 rings (SSSR count). The van der Waals surface area contributed by atoms with Crippen LogP contribution in [0.1, 0.15) is 68.2 Å². The monoisotopic (exact) mass is 534 g/mol. The van der Waals surface area contributed by atoms with Crippen LogP contribution in [0.2, 0.25) is 0 Å². The number of aliphatic hydroxyl groups excluding tert-OH is 1. The molecule has 4 aliphatic rings. The highest BCUT2D eigenvalue weighted by molar-refractivity contribution is 6.00. The summed E-state index contributed by atoms with van der Waals surface area (Å²) in [6.07, 6.45) is -4.86. The highest BCUT2D eigenvalue weighted by Gasteiger charge is 2.78. The van der Waals surface area contributed by atoms with Gasteiger partial charge in [-0.25, -0.2) is 0 Å². The molecule has 0 aromatic rings. The number of cyclic esters (lactones) is 2. The summed E-state index contributed by atoms with van der Waals surface area (Å²) in [6.45, 7) is 16.7. The van der Waals surface area contributed by atoms with Crippen molar-refractivity contribution < 1.29 is 48.0 Å². The molecule has 10 nitrogen and oxygen atoms in total. The summed E-state index contributed by atoms with van der Waals surface area (Å²) < 4.78 is 22.9. The molecule has 210 valence electrons. The number of esters is 4. The van der Waals surface area contributed by atoms with Crippen LogP contribution in [0.25, 0.3) is 0 Å². The SMILES string of the molecule is C=C1C[C@@H]2[C@@](C)([C@@H]3C(=O)O[C@@H](C)C(=O)[C@]13C)[C@@H](OC(C)=O)[C@@H](O)[C@H]1C(C)(C)OC(=O)C[C@@H](OC(C)=O)[C@@]21C. The quantitative estimate of drug-likeness (QED) is 0.318. The first-order valence-electron chi connectivity index (χ1n) is 13.0. The maximum absolute atomic E-state index is 13.7. The fraction of sp³-hybridized carbons (Fsp3) is 0.750. The number of fused-ring (bicyclic) bond motifs is 5. The Morgan fingerprint density at radius 1 is 0.974 bits per heavy atom. The first-order valence-corrected chi connectivity index (χ1v) is 13.0. The molecule has 0 aromatic carbocycles. The van der Waals surface area contributed by atoms with Crippen LogP contribution in [0.15, 0.2) is 12.2 Å². The Hall–Kier alpha value is -2.75. The largest absolute Gasteiger partial charge is 0.461 e. The third kappa shape index (κ3) is 3.58. The second-order valence-corrected chi connectivity index (χ2v) is 12.5. The molecule has 0 amide bonds. The predicted molar refractivity (Wildman–Crippen MR) is 131 cm³/mol. The van der Waals surface area contributed by atoms with Gasteiger partial charge in [-0.05, 0) is 40.0 Å². The van der Waals surface area contributed by atoms with Gasteiger partial charge in [0.25, 0.3) is 0 Å². The van der Waals surface area contributed by atoms with Gasteiger partial charge in [-0.3, -0.25) is 24.0 Å². The van der Waals surface area contributed by atoms with Crippen molar-refractivity contribution in [3.63, 3.8) is 0 Å². The van der Waals surface area contributed by atoms with Gasteiger partial charge in [-0.15, -0.1) is 0 Å². The number of ketones is 1. The van der Waals surface area contributed by atoms with E-state index < -0.39 is 87.9 Å². The fourth-order valence-electron chi connectivity index (χ4n) is 8.71. The molecule has 0 spiro atoms. The van der Waals surface area contributed by atoms with E-state index in [0.717, 1.165) is 0 Å². The van der Waals surface area contributed by atoms with E-state index >= 15 is 0 Å². The number of hydrogen-bond acceptors (Lipinski definition) is 10. The fourth-order valence-corrected chi connectivity index (χ4v) is 8.71. The predicted octanol–water partition coefficient (Wildman–Crippen LogP) is 2.29. The van der Waals surface area contributed by atoms with Gasteiger partial charge in [0.1, 0.15) is 17.8 Å². The van der Waals surface area contributed by atoms with Crippen LogP contribution in [0, 0.1) is 34.0 Å². The number of aliphatic hydroxyl groups is 1. The minimum absolute atomic E-state index is 0.189. The molecular weight excluding hydrogens is 496 g/mol. The van der Waals surface area contributed by atoms with Gasteiger partial charge >= 0.3 is 23.9 Å². The third-order valence-corrected chi connectivity index (χ3v) is 10.0. The van der Waals surface area contributed by atoms with Crippen LogP contribution < -0.4 is 0 Å². The summed E-state index contributed by atoms with van der Waals surface area (Å²) in [5.41, 5.74) is -4.69. The lowest BCUT2D eigenvalue weighted by Crippen LogP contribution is -2.76. The molecular formula is C28H38O10. The second kappa shape index (κ2) is 8.63. The van der Waals surface area contributed by atoms with Crippen molar-refractivity contribution in [2.24, 2.45) is 34.0 Å². The molecule has 2 saturated carbocycles. The molecule has 2 aliphatic carbocycles.